The van der Waals surface area contributed by atoms with E-state index in [1.165, 1.54) is 16.7 Å². The number of carboxylic acids is 1. The summed E-state index contributed by atoms with van der Waals surface area (Å²) in [5, 5.41) is 15.1. The number of β-lactam (4-membered cyclic amide) rings is 1. The highest BCUT2D eigenvalue weighted by Gasteiger charge is 2.54. The Morgan fingerprint density at radius 3 is 2.83 bits per heavy atom. The third-order valence-electron chi connectivity index (χ3n) is 6.06. The van der Waals surface area contributed by atoms with Crippen molar-refractivity contribution in [3.8, 4) is 17.1 Å². The highest BCUT2D eigenvalue weighted by Crippen LogP contribution is 2.40. The van der Waals surface area contributed by atoms with Crippen LogP contribution >= 0.6 is 23.4 Å². The molecule has 3 heterocycles. The predicted octanol–water partition coefficient (Wildman–Crippen LogP) is 2.77. The van der Waals surface area contributed by atoms with Gasteiger partial charge in [-0.3, -0.25) is 9.59 Å². The quantitative estimate of drug-likeness (QED) is 0.431. The van der Waals surface area contributed by atoms with Crippen LogP contribution in [0.25, 0.3) is 22.3 Å². The van der Waals surface area contributed by atoms with Gasteiger partial charge in [0.2, 0.25) is 5.91 Å². The number of aryl methyl sites for hydroxylation is 1. The Balaban J connectivity index is 1.46. The summed E-state index contributed by atoms with van der Waals surface area (Å²) in [4.78, 5) is 45.9. The molecule has 3 atom stereocenters. The zero-order valence-corrected chi connectivity index (χ0v) is 20.3. The number of fused-ring (bicyclic) bond motifs is 2. The summed E-state index contributed by atoms with van der Waals surface area (Å²) in [7, 11) is 1.68. The second-order valence-electron chi connectivity index (χ2n) is 8.34. The number of ether oxygens (including phenoxy) is 1. The molecule has 0 aliphatic carbocycles. The van der Waals surface area contributed by atoms with Gasteiger partial charge in [0.25, 0.3) is 5.56 Å². The molecule has 9 nitrogen and oxygen atoms in total. The van der Waals surface area contributed by atoms with E-state index in [0.717, 1.165) is 5.56 Å². The van der Waals surface area contributed by atoms with Crippen molar-refractivity contribution >= 4 is 46.1 Å². The molecule has 0 saturated carbocycles. The number of benzene rings is 2. The maximum Gasteiger partial charge on any atom is 0.330 e. The van der Waals surface area contributed by atoms with Crippen LogP contribution in [0.2, 0.25) is 5.02 Å². The number of carbonyl (C=O) groups is 2. The molecule has 0 bridgehead atoms. The number of likely N-dealkylation sites (N-methyl/N-ethyl adjacent to an activating group) is 1. The molecule has 180 valence electrons. The van der Waals surface area contributed by atoms with Crippen molar-refractivity contribution in [3.63, 3.8) is 0 Å². The summed E-state index contributed by atoms with van der Waals surface area (Å²) in [6, 6.07) is 8.82. The maximum absolute atomic E-state index is 12.7. The summed E-state index contributed by atoms with van der Waals surface area (Å²) in [6.07, 6.45) is 0. The van der Waals surface area contributed by atoms with E-state index in [9.17, 15) is 19.5 Å². The standard InChI is InChI=1S/C24H21ClN4O5S/c1-11-3-6-17(15(7-11)20-27-16-5-4-13(25)8-14(16)21(30)28-20)34-9-12-10-35-23-18(26-2)22(31)29(23)19(12)24(32)33/h3-8,10,18-19,23,26H,9H2,1-2H3,(H,32,33)(H,27,28,30). The fourth-order valence-corrected chi connectivity index (χ4v) is 5.77. The van der Waals surface area contributed by atoms with Crippen LogP contribution in [0.3, 0.4) is 0 Å². The number of hydrogen-bond donors (Lipinski definition) is 3. The first-order valence-electron chi connectivity index (χ1n) is 10.8. The molecule has 5 rings (SSSR count). The van der Waals surface area contributed by atoms with Gasteiger partial charge in [0.15, 0.2) is 6.04 Å². The average Bonchev–Trinajstić information content (AvgIpc) is 2.83. The molecule has 2 aliphatic rings. The lowest BCUT2D eigenvalue weighted by molar-refractivity contribution is -0.159. The minimum atomic E-state index is -1.11. The van der Waals surface area contributed by atoms with Gasteiger partial charge in [-0.2, -0.15) is 0 Å². The van der Waals surface area contributed by atoms with Crippen molar-refractivity contribution in [3.05, 3.63) is 68.3 Å². The monoisotopic (exact) mass is 512 g/mol. The van der Waals surface area contributed by atoms with Crippen molar-refractivity contribution in [2.45, 2.75) is 24.4 Å². The number of halogens is 1. The molecular weight excluding hydrogens is 492 g/mol. The maximum atomic E-state index is 12.7. The van der Waals surface area contributed by atoms with Gasteiger partial charge in [0, 0.05) is 10.6 Å². The van der Waals surface area contributed by atoms with Gasteiger partial charge in [-0.15, -0.1) is 11.8 Å². The van der Waals surface area contributed by atoms with E-state index in [1.54, 1.807) is 36.7 Å². The number of carbonyl (C=O) groups excluding carboxylic acids is 1. The van der Waals surface area contributed by atoms with Crippen LogP contribution in [0.15, 0.2) is 52.2 Å². The lowest BCUT2D eigenvalue weighted by Crippen LogP contribution is -2.73. The molecule has 11 heteroatoms. The SMILES string of the molecule is CNC1C(=O)N2C(C(=O)O)C(COc3ccc(C)cc3-c3nc4ccc(Cl)cc4c(=O)[nH]3)=CSC12. The molecule has 35 heavy (non-hydrogen) atoms. The highest BCUT2D eigenvalue weighted by atomic mass is 35.5. The number of carboxylic acid groups (broad SMARTS) is 1. The number of nitrogens with zero attached hydrogens (tertiary/aromatic N) is 2. The van der Waals surface area contributed by atoms with E-state index >= 15 is 0 Å². The summed E-state index contributed by atoms with van der Waals surface area (Å²) in [5.74, 6) is -0.624. The molecular formula is C24H21ClN4O5S. The first-order valence-corrected chi connectivity index (χ1v) is 12.1. The Kier molecular flexibility index (Phi) is 6.04. The predicted molar refractivity (Wildman–Crippen MR) is 134 cm³/mol. The van der Waals surface area contributed by atoms with Crippen molar-refractivity contribution in [2.24, 2.45) is 0 Å². The third kappa shape index (κ3) is 4.07. The molecule has 3 unspecified atom stereocenters. The van der Waals surface area contributed by atoms with Crippen LogP contribution in [0, 0.1) is 6.92 Å². The molecule has 0 spiro atoms. The van der Waals surface area contributed by atoms with E-state index in [-0.39, 0.29) is 23.4 Å². The molecule has 1 aromatic heterocycles. The van der Waals surface area contributed by atoms with E-state index in [0.29, 0.717) is 38.6 Å². The van der Waals surface area contributed by atoms with Crippen LogP contribution in [-0.4, -0.2) is 63.0 Å². The number of aromatic amines is 1. The second-order valence-corrected chi connectivity index (χ2v) is 9.76. The Labute approximate surface area is 209 Å². The smallest absolute Gasteiger partial charge is 0.330 e. The summed E-state index contributed by atoms with van der Waals surface area (Å²) in [6.45, 7) is 1.86. The average molecular weight is 513 g/mol. The molecule has 3 N–H and O–H groups in total. The normalized spacial score (nSPS) is 21.3. The Bertz CT molecular complexity index is 1460. The van der Waals surface area contributed by atoms with E-state index < -0.39 is 18.1 Å². The number of aromatic nitrogens is 2. The Morgan fingerprint density at radius 1 is 1.29 bits per heavy atom. The van der Waals surface area contributed by atoms with Crippen molar-refractivity contribution in [2.75, 3.05) is 13.7 Å². The summed E-state index contributed by atoms with van der Waals surface area (Å²) < 4.78 is 6.05. The van der Waals surface area contributed by atoms with Crippen LogP contribution in [-0.2, 0) is 9.59 Å². The van der Waals surface area contributed by atoms with Crippen LogP contribution < -0.4 is 15.6 Å². The minimum Gasteiger partial charge on any atom is -0.488 e. The van der Waals surface area contributed by atoms with Crippen LogP contribution in [0.4, 0.5) is 0 Å². The number of thioether (sulfide) groups is 1. The lowest BCUT2D eigenvalue weighted by atomic mass is 9.98. The van der Waals surface area contributed by atoms with Gasteiger partial charge in [-0.05, 0) is 49.7 Å². The van der Waals surface area contributed by atoms with E-state index in [2.05, 4.69) is 15.3 Å². The molecule has 1 saturated heterocycles. The fourth-order valence-electron chi connectivity index (χ4n) is 4.32. The largest absolute Gasteiger partial charge is 0.488 e. The fraction of sp³-hybridized carbons (Fsp3) is 0.250. The number of amides is 1. The van der Waals surface area contributed by atoms with Crippen LogP contribution in [0.1, 0.15) is 5.56 Å². The zero-order chi connectivity index (χ0) is 24.9. The molecule has 1 amide bonds. The number of rotatable bonds is 6. The molecule has 3 aromatic rings. The molecule has 1 fully saturated rings. The number of nitrogens with one attached hydrogen (secondary N) is 2. The van der Waals surface area contributed by atoms with Crippen molar-refractivity contribution in [1.82, 2.24) is 20.2 Å². The van der Waals surface area contributed by atoms with Crippen molar-refractivity contribution in [1.29, 1.82) is 0 Å². The Morgan fingerprint density at radius 2 is 2.09 bits per heavy atom. The van der Waals surface area contributed by atoms with Crippen LogP contribution in [0.5, 0.6) is 5.75 Å². The third-order valence-corrected chi connectivity index (χ3v) is 7.52. The van der Waals surface area contributed by atoms with Gasteiger partial charge in [-0.25, -0.2) is 9.78 Å². The summed E-state index contributed by atoms with van der Waals surface area (Å²) in [5.41, 5.74) is 2.10. The number of H-pyrrole nitrogens is 1. The van der Waals surface area contributed by atoms with E-state index in [4.69, 9.17) is 16.3 Å². The van der Waals surface area contributed by atoms with Gasteiger partial charge in [0.05, 0.1) is 16.5 Å². The summed E-state index contributed by atoms with van der Waals surface area (Å²) >= 11 is 7.40. The molecule has 0 radical (unpaired) electrons. The topological polar surface area (TPSA) is 125 Å². The molecule has 2 aromatic carbocycles. The number of aliphatic carboxylic acids is 1. The second kappa shape index (κ2) is 9.03. The van der Waals surface area contributed by atoms with Gasteiger partial charge in [0.1, 0.15) is 29.6 Å². The zero-order valence-electron chi connectivity index (χ0n) is 18.7. The lowest BCUT2D eigenvalue weighted by Gasteiger charge is -2.51. The first kappa shape index (κ1) is 23.4. The van der Waals surface area contributed by atoms with E-state index in [1.807, 2.05) is 19.1 Å². The van der Waals surface area contributed by atoms with Crippen molar-refractivity contribution < 1.29 is 19.4 Å². The van der Waals surface area contributed by atoms with Gasteiger partial charge >= 0.3 is 5.97 Å². The molecule has 2 aliphatic heterocycles. The minimum absolute atomic E-state index is 0.0475. The first-order chi connectivity index (χ1) is 16.8. The van der Waals surface area contributed by atoms with Gasteiger partial charge < -0.3 is 25.0 Å². The van der Waals surface area contributed by atoms with Gasteiger partial charge in [-0.1, -0.05) is 23.2 Å². The Hall–Kier alpha value is -3.34. The number of hydrogen-bond acceptors (Lipinski definition) is 7. The highest BCUT2D eigenvalue weighted by molar-refractivity contribution is 8.02.